The minimum atomic E-state index is -3.36. The summed E-state index contributed by atoms with van der Waals surface area (Å²) in [6, 6.07) is 7.99. The molecule has 2 aliphatic heterocycles. The molecule has 0 bridgehead atoms. The van der Waals surface area contributed by atoms with Crippen LogP contribution in [0.5, 0.6) is 0 Å². The van der Waals surface area contributed by atoms with Crippen molar-refractivity contribution in [3.8, 4) is 0 Å². The molecule has 2 aliphatic rings. The highest BCUT2D eigenvalue weighted by Crippen LogP contribution is 2.24. The third-order valence-corrected chi connectivity index (χ3v) is 7.76. The molecule has 0 saturated carbocycles. The van der Waals surface area contributed by atoms with E-state index in [0.29, 0.717) is 30.6 Å². The van der Waals surface area contributed by atoms with Gasteiger partial charge in [0, 0.05) is 25.7 Å². The number of piperidine rings is 1. The van der Waals surface area contributed by atoms with E-state index in [1.165, 1.54) is 24.3 Å². The van der Waals surface area contributed by atoms with Crippen LogP contribution in [0.25, 0.3) is 0 Å². The van der Waals surface area contributed by atoms with E-state index in [1.807, 2.05) is 30.0 Å². The molecule has 0 atom stereocenters. The van der Waals surface area contributed by atoms with Gasteiger partial charge in [-0.05, 0) is 48.8 Å². The number of nitrogens with zero attached hydrogens (tertiary/aromatic N) is 1. The summed E-state index contributed by atoms with van der Waals surface area (Å²) in [6.07, 6.45) is 5.42. The van der Waals surface area contributed by atoms with Crippen LogP contribution in [-0.4, -0.2) is 43.4 Å². The number of nitrogens with one attached hydrogen (secondary N) is 1. The molecule has 0 spiro atoms. The van der Waals surface area contributed by atoms with Crippen LogP contribution in [0.3, 0.4) is 0 Å². The van der Waals surface area contributed by atoms with Crippen LogP contribution >= 0.6 is 11.8 Å². The van der Waals surface area contributed by atoms with Gasteiger partial charge >= 0.3 is 0 Å². The van der Waals surface area contributed by atoms with Gasteiger partial charge in [-0.15, -0.1) is 0 Å². The maximum atomic E-state index is 13.0. The van der Waals surface area contributed by atoms with Crippen molar-refractivity contribution in [2.45, 2.75) is 49.6 Å². The summed E-state index contributed by atoms with van der Waals surface area (Å²) in [6.45, 7) is 1.95. The minimum absolute atomic E-state index is 0.486. The summed E-state index contributed by atoms with van der Waals surface area (Å²) in [7, 11) is -3.36. The first kappa shape index (κ1) is 17.3. The van der Waals surface area contributed by atoms with Gasteiger partial charge in [0.15, 0.2) is 0 Å². The Labute approximate surface area is 144 Å². The summed E-state index contributed by atoms with van der Waals surface area (Å²) in [5, 5.41) is 3.56. The predicted molar refractivity (Wildman–Crippen MR) is 96.2 cm³/mol. The number of hydrogen-bond acceptors (Lipinski definition) is 4. The van der Waals surface area contributed by atoms with Gasteiger partial charge in [0.25, 0.3) is 0 Å². The Morgan fingerprint density at radius 1 is 1.09 bits per heavy atom. The van der Waals surface area contributed by atoms with Gasteiger partial charge in [0.2, 0.25) is 10.0 Å². The standard InChI is InChI=1S/C17H26N2O2S2/c20-23(21,19-10-4-1-5-11-19)17-7-3-2-6-15(17)14-18-16-8-12-22-13-9-16/h2-3,6-7,16,18H,1,4-5,8-14H2. The molecule has 128 valence electrons. The van der Waals surface area contributed by atoms with Crippen molar-refractivity contribution in [1.82, 2.24) is 9.62 Å². The zero-order valence-electron chi connectivity index (χ0n) is 13.5. The molecule has 0 radical (unpaired) electrons. The second kappa shape index (κ2) is 8.01. The van der Waals surface area contributed by atoms with Gasteiger partial charge in [-0.3, -0.25) is 0 Å². The summed E-state index contributed by atoms with van der Waals surface area (Å²) in [5.74, 6) is 2.40. The lowest BCUT2D eigenvalue weighted by molar-refractivity contribution is 0.346. The second-order valence-corrected chi connectivity index (χ2v) is 9.47. The van der Waals surface area contributed by atoms with E-state index in [9.17, 15) is 8.42 Å². The Morgan fingerprint density at radius 3 is 2.52 bits per heavy atom. The minimum Gasteiger partial charge on any atom is -0.310 e. The zero-order chi connectivity index (χ0) is 16.1. The first-order valence-electron chi connectivity index (χ1n) is 8.57. The fourth-order valence-corrected chi connectivity index (χ4v) is 6.15. The highest BCUT2D eigenvalue weighted by Gasteiger charge is 2.28. The summed E-state index contributed by atoms with van der Waals surface area (Å²) in [4.78, 5) is 0.486. The molecule has 0 aliphatic carbocycles. The van der Waals surface area contributed by atoms with Crippen molar-refractivity contribution < 1.29 is 8.42 Å². The van der Waals surface area contributed by atoms with E-state index >= 15 is 0 Å². The van der Waals surface area contributed by atoms with E-state index in [2.05, 4.69) is 5.32 Å². The SMILES string of the molecule is O=S(=O)(c1ccccc1CNC1CCSCC1)N1CCCCC1. The Kier molecular flexibility index (Phi) is 6.01. The zero-order valence-corrected chi connectivity index (χ0v) is 15.2. The summed E-state index contributed by atoms with van der Waals surface area (Å²) in [5.41, 5.74) is 0.899. The van der Waals surface area contributed by atoms with Crippen LogP contribution in [0.4, 0.5) is 0 Å². The monoisotopic (exact) mass is 354 g/mol. The van der Waals surface area contributed by atoms with Crippen LogP contribution in [-0.2, 0) is 16.6 Å². The average molecular weight is 355 g/mol. The Morgan fingerprint density at radius 2 is 1.78 bits per heavy atom. The molecule has 1 N–H and O–H groups in total. The predicted octanol–water partition coefficient (Wildman–Crippen LogP) is 2.85. The maximum absolute atomic E-state index is 13.0. The molecule has 2 saturated heterocycles. The Balaban J connectivity index is 1.74. The van der Waals surface area contributed by atoms with Crippen LogP contribution in [0.1, 0.15) is 37.7 Å². The fraction of sp³-hybridized carbons (Fsp3) is 0.647. The average Bonchev–Trinajstić information content (AvgIpc) is 2.62. The normalized spacial score (nSPS) is 21.4. The van der Waals surface area contributed by atoms with Gasteiger partial charge in [0.1, 0.15) is 0 Å². The van der Waals surface area contributed by atoms with E-state index in [1.54, 1.807) is 10.4 Å². The second-order valence-electron chi connectivity index (χ2n) is 6.34. The van der Waals surface area contributed by atoms with Crippen LogP contribution in [0, 0.1) is 0 Å². The van der Waals surface area contributed by atoms with E-state index in [-0.39, 0.29) is 0 Å². The quantitative estimate of drug-likeness (QED) is 0.883. The summed E-state index contributed by atoms with van der Waals surface area (Å²) >= 11 is 2.00. The first-order chi connectivity index (χ1) is 11.2. The molecule has 4 nitrogen and oxygen atoms in total. The third-order valence-electron chi connectivity index (χ3n) is 4.71. The van der Waals surface area contributed by atoms with E-state index in [0.717, 1.165) is 24.8 Å². The van der Waals surface area contributed by atoms with E-state index in [4.69, 9.17) is 0 Å². The molecule has 23 heavy (non-hydrogen) atoms. The number of benzene rings is 1. The topological polar surface area (TPSA) is 49.4 Å². The van der Waals surface area contributed by atoms with Crippen molar-refractivity contribution in [1.29, 1.82) is 0 Å². The van der Waals surface area contributed by atoms with Crippen molar-refractivity contribution >= 4 is 21.8 Å². The van der Waals surface area contributed by atoms with Crippen molar-refractivity contribution in [2.75, 3.05) is 24.6 Å². The van der Waals surface area contributed by atoms with E-state index < -0.39 is 10.0 Å². The van der Waals surface area contributed by atoms with Gasteiger partial charge < -0.3 is 5.32 Å². The largest absolute Gasteiger partial charge is 0.310 e. The Hall–Kier alpha value is -0.560. The highest BCUT2D eigenvalue weighted by atomic mass is 32.2. The van der Waals surface area contributed by atoms with Gasteiger partial charge in [-0.2, -0.15) is 16.1 Å². The van der Waals surface area contributed by atoms with Crippen LogP contribution in [0.15, 0.2) is 29.2 Å². The molecular weight excluding hydrogens is 328 g/mol. The lowest BCUT2D eigenvalue weighted by Gasteiger charge is -2.27. The lowest BCUT2D eigenvalue weighted by Crippen LogP contribution is -2.37. The van der Waals surface area contributed by atoms with Crippen molar-refractivity contribution in [2.24, 2.45) is 0 Å². The molecule has 0 amide bonds. The molecule has 2 fully saturated rings. The molecule has 1 aromatic carbocycles. The number of thioether (sulfide) groups is 1. The van der Waals surface area contributed by atoms with Crippen LogP contribution in [0.2, 0.25) is 0 Å². The van der Waals surface area contributed by atoms with Crippen molar-refractivity contribution in [3.63, 3.8) is 0 Å². The maximum Gasteiger partial charge on any atom is 0.243 e. The summed E-state index contributed by atoms with van der Waals surface area (Å²) < 4.78 is 27.6. The molecule has 2 heterocycles. The van der Waals surface area contributed by atoms with Gasteiger partial charge in [-0.25, -0.2) is 8.42 Å². The van der Waals surface area contributed by atoms with Crippen molar-refractivity contribution in [3.05, 3.63) is 29.8 Å². The third kappa shape index (κ3) is 4.29. The fourth-order valence-electron chi connectivity index (χ4n) is 3.30. The molecular formula is C17H26N2O2S2. The lowest BCUT2D eigenvalue weighted by atomic mass is 10.1. The van der Waals surface area contributed by atoms with Gasteiger partial charge in [0.05, 0.1) is 4.90 Å². The van der Waals surface area contributed by atoms with Gasteiger partial charge in [-0.1, -0.05) is 24.6 Å². The molecule has 0 unspecified atom stereocenters. The first-order valence-corrected chi connectivity index (χ1v) is 11.2. The molecule has 3 rings (SSSR count). The number of hydrogen-bond donors (Lipinski definition) is 1. The van der Waals surface area contributed by atoms with Crippen LogP contribution < -0.4 is 5.32 Å². The molecule has 0 aromatic heterocycles. The Bertz CT molecular complexity index is 607. The highest BCUT2D eigenvalue weighted by molar-refractivity contribution is 7.99. The smallest absolute Gasteiger partial charge is 0.243 e. The molecule has 6 heteroatoms. The number of sulfonamides is 1. The molecule has 1 aromatic rings. The number of rotatable bonds is 5.